The molecule has 0 bridgehead atoms. The predicted octanol–water partition coefficient (Wildman–Crippen LogP) is 1.31. The normalized spacial score (nSPS) is 9.64. The molecule has 1 rings (SSSR count). The van der Waals surface area contributed by atoms with Crippen LogP contribution in [0.1, 0.15) is 23.0 Å². The second kappa shape index (κ2) is 3.48. The van der Waals surface area contributed by atoms with E-state index in [2.05, 4.69) is 10.3 Å². The summed E-state index contributed by atoms with van der Waals surface area (Å²) < 4.78 is 0. The van der Waals surface area contributed by atoms with Crippen LogP contribution in [0.15, 0.2) is 6.20 Å². The summed E-state index contributed by atoms with van der Waals surface area (Å²) in [6.45, 7) is 2.04. The SMILES string of the molecule is CCc1cnc(C(=O)NC)s1.[HH]. The van der Waals surface area contributed by atoms with Gasteiger partial charge in [-0.15, -0.1) is 11.3 Å². The van der Waals surface area contributed by atoms with Crippen LogP contribution in [0.5, 0.6) is 0 Å². The molecule has 0 atom stereocenters. The van der Waals surface area contributed by atoms with Crippen LogP contribution in [-0.2, 0) is 6.42 Å². The molecule has 1 heterocycles. The van der Waals surface area contributed by atoms with Gasteiger partial charge in [0, 0.05) is 19.5 Å². The van der Waals surface area contributed by atoms with Gasteiger partial charge in [0.15, 0.2) is 5.01 Å². The number of nitrogens with one attached hydrogen (secondary N) is 1. The van der Waals surface area contributed by atoms with Crippen molar-refractivity contribution in [2.75, 3.05) is 7.05 Å². The fraction of sp³-hybridized carbons (Fsp3) is 0.429. The van der Waals surface area contributed by atoms with Crippen LogP contribution < -0.4 is 5.32 Å². The summed E-state index contributed by atoms with van der Waals surface area (Å²) in [5, 5.41) is 3.07. The molecule has 0 saturated heterocycles. The first-order valence-electron chi connectivity index (χ1n) is 3.44. The lowest BCUT2D eigenvalue weighted by Gasteiger charge is -1.90. The van der Waals surface area contributed by atoms with Crippen LogP contribution in [0.4, 0.5) is 0 Å². The number of thiazole rings is 1. The first-order valence-corrected chi connectivity index (χ1v) is 4.26. The molecule has 4 heteroatoms. The second-order valence-electron chi connectivity index (χ2n) is 2.06. The molecule has 1 N–H and O–H groups in total. The molecule has 3 nitrogen and oxygen atoms in total. The third kappa shape index (κ3) is 1.77. The van der Waals surface area contributed by atoms with Gasteiger partial charge in [0.25, 0.3) is 5.91 Å². The lowest BCUT2D eigenvalue weighted by molar-refractivity contribution is 0.0962. The molecule has 0 spiro atoms. The lowest BCUT2D eigenvalue weighted by atomic mass is 10.4. The second-order valence-corrected chi connectivity index (χ2v) is 3.18. The first-order chi connectivity index (χ1) is 5.27. The highest BCUT2D eigenvalue weighted by Gasteiger charge is 2.06. The van der Waals surface area contributed by atoms with E-state index in [0.717, 1.165) is 11.3 Å². The van der Waals surface area contributed by atoms with E-state index in [9.17, 15) is 4.79 Å². The van der Waals surface area contributed by atoms with Crippen LogP contribution in [-0.4, -0.2) is 17.9 Å². The Labute approximate surface area is 70.9 Å². The number of hydrogen-bond donors (Lipinski definition) is 1. The number of aryl methyl sites for hydroxylation is 1. The number of aromatic nitrogens is 1. The van der Waals surface area contributed by atoms with E-state index in [1.54, 1.807) is 13.2 Å². The Morgan fingerprint density at radius 1 is 1.91 bits per heavy atom. The van der Waals surface area contributed by atoms with Crippen LogP contribution in [0.3, 0.4) is 0 Å². The molecule has 0 aromatic carbocycles. The third-order valence-electron chi connectivity index (χ3n) is 1.32. The van der Waals surface area contributed by atoms with Crippen molar-refractivity contribution < 1.29 is 6.22 Å². The summed E-state index contributed by atoms with van der Waals surface area (Å²) in [6, 6.07) is 0. The van der Waals surface area contributed by atoms with E-state index in [1.165, 1.54) is 11.3 Å². The molecule has 0 aliphatic carbocycles. The molecule has 11 heavy (non-hydrogen) atoms. The van der Waals surface area contributed by atoms with Gasteiger partial charge in [-0.1, -0.05) is 6.92 Å². The minimum Gasteiger partial charge on any atom is -0.353 e. The molecule has 1 aromatic rings. The van der Waals surface area contributed by atoms with Gasteiger partial charge in [0.2, 0.25) is 0 Å². The van der Waals surface area contributed by atoms with E-state index < -0.39 is 0 Å². The van der Waals surface area contributed by atoms with Crippen LogP contribution >= 0.6 is 11.3 Å². The summed E-state index contributed by atoms with van der Waals surface area (Å²) in [5.41, 5.74) is 0. The van der Waals surface area contributed by atoms with Gasteiger partial charge in [-0.2, -0.15) is 0 Å². The van der Waals surface area contributed by atoms with Crippen LogP contribution in [0, 0.1) is 0 Å². The molecular weight excluding hydrogens is 160 g/mol. The average molecular weight is 172 g/mol. The van der Waals surface area contributed by atoms with Crippen molar-refractivity contribution in [3.8, 4) is 0 Å². The Morgan fingerprint density at radius 2 is 2.64 bits per heavy atom. The van der Waals surface area contributed by atoms with Gasteiger partial charge in [-0.25, -0.2) is 4.98 Å². The smallest absolute Gasteiger partial charge is 0.280 e. The fourth-order valence-corrected chi connectivity index (χ4v) is 1.48. The molecule has 62 valence electrons. The Hall–Kier alpha value is -0.900. The topological polar surface area (TPSA) is 42.0 Å². The van der Waals surface area contributed by atoms with Crippen molar-refractivity contribution in [3.05, 3.63) is 16.1 Å². The van der Waals surface area contributed by atoms with Gasteiger partial charge in [0.05, 0.1) is 0 Å². The quantitative estimate of drug-likeness (QED) is 0.730. The zero-order valence-electron chi connectivity index (χ0n) is 6.55. The zero-order chi connectivity index (χ0) is 8.27. The number of amides is 1. The van der Waals surface area contributed by atoms with Gasteiger partial charge in [0.1, 0.15) is 0 Å². The van der Waals surface area contributed by atoms with E-state index in [0.29, 0.717) is 5.01 Å². The van der Waals surface area contributed by atoms with Crippen molar-refractivity contribution in [2.24, 2.45) is 0 Å². The maximum Gasteiger partial charge on any atom is 0.280 e. The monoisotopic (exact) mass is 172 g/mol. The minimum atomic E-state index is -0.102. The number of carbonyl (C=O) groups excluding carboxylic acids is 1. The van der Waals surface area contributed by atoms with Crippen LogP contribution in [0.25, 0.3) is 0 Å². The molecule has 0 fully saturated rings. The van der Waals surface area contributed by atoms with E-state index in [4.69, 9.17) is 0 Å². The van der Waals surface area contributed by atoms with Crippen molar-refractivity contribution in [1.29, 1.82) is 0 Å². The van der Waals surface area contributed by atoms with Crippen molar-refractivity contribution in [3.63, 3.8) is 0 Å². The Morgan fingerprint density at radius 3 is 3.09 bits per heavy atom. The first kappa shape index (κ1) is 8.20. The fourth-order valence-electron chi connectivity index (χ4n) is 0.683. The predicted molar refractivity (Wildman–Crippen MR) is 47.0 cm³/mol. The molecule has 0 aliphatic heterocycles. The highest BCUT2D eigenvalue weighted by Crippen LogP contribution is 2.12. The van der Waals surface area contributed by atoms with Gasteiger partial charge >= 0.3 is 0 Å². The molecule has 0 aliphatic rings. The van der Waals surface area contributed by atoms with Gasteiger partial charge < -0.3 is 5.32 Å². The lowest BCUT2D eigenvalue weighted by Crippen LogP contribution is -2.17. The van der Waals surface area contributed by atoms with Crippen LogP contribution in [0.2, 0.25) is 0 Å². The Balaban J connectivity index is 0.00000121. The minimum absolute atomic E-state index is 0. The van der Waals surface area contributed by atoms with E-state index in [-0.39, 0.29) is 7.33 Å². The van der Waals surface area contributed by atoms with Gasteiger partial charge in [-0.05, 0) is 6.42 Å². The third-order valence-corrected chi connectivity index (χ3v) is 2.46. The summed E-state index contributed by atoms with van der Waals surface area (Å²) >= 11 is 1.44. The number of nitrogens with zero attached hydrogens (tertiary/aromatic N) is 1. The highest BCUT2D eigenvalue weighted by molar-refractivity contribution is 7.13. The Kier molecular flexibility index (Phi) is 2.59. The standard InChI is InChI=1S/C7H10N2OS.H2/c1-3-5-4-9-7(11-5)6(10)8-2;/h4H,3H2,1-2H3,(H,8,10);1H. The average Bonchev–Trinajstić information content (AvgIpc) is 2.50. The van der Waals surface area contributed by atoms with Gasteiger partial charge in [-0.3, -0.25) is 4.79 Å². The maximum atomic E-state index is 11.0. The van der Waals surface area contributed by atoms with Crippen molar-refractivity contribution >= 4 is 17.2 Å². The molecule has 0 radical (unpaired) electrons. The molecular formula is C7H12N2OS. The largest absolute Gasteiger partial charge is 0.353 e. The zero-order valence-corrected chi connectivity index (χ0v) is 7.36. The number of hydrogen-bond acceptors (Lipinski definition) is 3. The Bertz CT molecular complexity index is 262. The molecule has 1 aromatic heterocycles. The summed E-state index contributed by atoms with van der Waals surface area (Å²) in [4.78, 5) is 16.1. The number of rotatable bonds is 2. The summed E-state index contributed by atoms with van der Waals surface area (Å²) in [7, 11) is 1.61. The molecule has 0 saturated carbocycles. The molecule has 0 unspecified atom stereocenters. The van der Waals surface area contributed by atoms with Crippen molar-refractivity contribution in [2.45, 2.75) is 13.3 Å². The van der Waals surface area contributed by atoms with Crippen molar-refractivity contribution in [1.82, 2.24) is 10.3 Å². The van der Waals surface area contributed by atoms with E-state index >= 15 is 0 Å². The van der Waals surface area contributed by atoms with E-state index in [1.807, 2.05) is 6.92 Å². The highest BCUT2D eigenvalue weighted by atomic mass is 32.1. The number of carbonyl (C=O) groups is 1. The summed E-state index contributed by atoms with van der Waals surface area (Å²) in [5.74, 6) is -0.102. The molecule has 1 amide bonds. The maximum absolute atomic E-state index is 11.0. The summed E-state index contributed by atoms with van der Waals surface area (Å²) in [6.07, 6.45) is 2.68.